The van der Waals surface area contributed by atoms with Crippen molar-refractivity contribution in [1.82, 2.24) is 0 Å². The first-order valence-corrected chi connectivity index (χ1v) is 6.66. The Morgan fingerprint density at radius 2 is 1.85 bits per heavy atom. The number of nitrogen functional groups attached to an aromatic ring is 1. The van der Waals surface area contributed by atoms with E-state index in [4.69, 9.17) is 19.9 Å². The number of esters is 1. The molecule has 0 radical (unpaired) electrons. The predicted octanol–water partition coefficient (Wildman–Crippen LogP) is 2.10. The second-order valence-corrected chi connectivity index (χ2v) is 4.62. The Hall–Kier alpha value is -1.59. The molecule has 0 saturated carbocycles. The minimum atomic E-state index is -0.342. The van der Waals surface area contributed by atoms with Crippen LogP contribution in [-0.4, -0.2) is 39.5 Å². The largest absolute Gasteiger partial charge is 0.462 e. The number of carbonyl (C=O) groups is 1. The lowest BCUT2D eigenvalue weighted by Crippen LogP contribution is -2.11. The van der Waals surface area contributed by atoms with E-state index in [0.29, 0.717) is 44.1 Å². The Balaban J connectivity index is 2.34. The van der Waals surface area contributed by atoms with Gasteiger partial charge in [-0.3, -0.25) is 0 Å². The Labute approximate surface area is 120 Å². The van der Waals surface area contributed by atoms with Gasteiger partial charge in [0.1, 0.15) is 0 Å². The first kappa shape index (κ1) is 16.5. The highest BCUT2D eigenvalue weighted by Gasteiger charge is 2.12. The lowest BCUT2D eigenvalue weighted by atomic mass is 10.0. The van der Waals surface area contributed by atoms with Gasteiger partial charge in [0.15, 0.2) is 0 Å². The zero-order valence-electron chi connectivity index (χ0n) is 12.4. The summed E-state index contributed by atoms with van der Waals surface area (Å²) in [5.74, 6) is -0.342. The molecule has 0 aromatic heterocycles. The zero-order valence-corrected chi connectivity index (χ0v) is 12.4. The molecule has 1 aromatic rings. The van der Waals surface area contributed by atoms with Gasteiger partial charge >= 0.3 is 5.97 Å². The van der Waals surface area contributed by atoms with Crippen molar-refractivity contribution in [2.75, 3.05) is 39.3 Å². The summed E-state index contributed by atoms with van der Waals surface area (Å²) in [4.78, 5) is 11.9. The highest BCUT2D eigenvalue weighted by molar-refractivity contribution is 5.92. The smallest absolute Gasteiger partial charge is 0.338 e. The van der Waals surface area contributed by atoms with Crippen LogP contribution in [0.3, 0.4) is 0 Å². The molecule has 0 unspecified atom stereocenters. The Bertz CT molecular complexity index is 446. The molecule has 0 heterocycles. The lowest BCUT2D eigenvalue weighted by molar-refractivity contribution is 0.0385. The van der Waals surface area contributed by atoms with Gasteiger partial charge in [0.2, 0.25) is 0 Å². The van der Waals surface area contributed by atoms with E-state index in [1.165, 1.54) is 0 Å². The van der Waals surface area contributed by atoms with Crippen molar-refractivity contribution in [3.63, 3.8) is 0 Å². The molecule has 0 amide bonds. The maximum absolute atomic E-state index is 11.9. The zero-order chi connectivity index (χ0) is 15.0. The molecule has 0 fully saturated rings. The van der Waals surface area contributed by atoms with Crippen molar-refractivity contribution in [2.45, 2.75) is 20.3 Å². The van der Waals surface area contributed by atoms with Crippen LogP contribution in [0.25, 0.3) is 0 Å². The molecule has 0 atom stereocenters. The summed E-state index contributed by atoms with van der Waals surface area (Å²) in [6.45, 7) is 5.79. The van der Waals surface area contributed by atoms with Crippen LogP contribution in [0.1, 0.15) is 27.9 Å². The van der Waals surface area contributed by atoms with Crippen LogP contribution >= 0.6 is 0 Å². The molecule has 0 saturated heterocycles. The molecule has 0 bridgehead atoms. The van der Waals surface area contributed by atoms with Gasteiger partial charge in [0.05, 0.1) is 25.4 Å². The summed E-state index contributed by atoms with van der Waals surface area (Å²) < 4.78 is 15.3. The first-order valence-electron chi connectivity index (χ1n) is 6.66. The summed E-state index contributed by atoms with van der Waals surface area (Å²) in [6, 6.07) is 3.56. The lowest BCUT2D eigenvalue weighted by Gasteiger charge is -2.10. The van der Waals surface area contributed by atoms with Gasteiger partial charge in [-0.15, -0.1) is 0 Å². The number of hydrogen-bond acceptors (Lipinski definition) is 5. The average Bonchev–Trinajstić information content (AvgIpc) is 2.41. The molecule has 1 aromatic carbocycles. The monoisotopic (exact) mass is 281 g/mol. The maximum Gasteiger partial charge on any atom is 0.338 e. The molecule has 0 aliphatic rings. The summed E-state index contributed by atoms with van der Waals surface area (Å²) in [6.07, 6.45) is 0.663. The fourth-order valence-electron chi connectivity index (χ4n) is 1.74. The third-order valence-corrected chi connectivity index (χ3v) is 2.93. The normalized spacial score (nSPS) is 10.6. The van der Waals surface area contributed by atoms with Crippen LogP contribution in [-0.2, 0) is 14.2 Å². The minimum absolute atomic E-state index is 0.332. The third-order valence-electron chi connectivity index (χ3n) is 2.93. The van der Waals surface area contributed by atoms with E-state index in [9.17, 15) is 4.79 Å². The number of carbonyl (C=O) groups excluding carboxylic acids is 1. The number of ether oxygens (including phenoxy) is 3. The van der Waals surface area contributed by atoms with E-state index in [0.717, 1.165) is 11.1 Å². The molecule has 0 spiro atoms. The van der Waals surface area contributed by atoms with Crippen molar-refractivity contribution >= 4 is 11.7 Å². The predicted molar refractivity (Wildman–Crippen MR) is 77.9 cm³/mol. The minimum Gasteiger partial charge on any atom is -0.462 e. The van der Waals surface area contributed by atoms with Crippen LogP contribution in [0, 0.1) is 13.8 Å². The molecule has 0 aliphatic carbocycles. The Morgan fingerprint density at radius 1 is 1.10 bits per heavy atom. The second-order valence-electron chi connectivity index (χ2n) is 4.62. The van der Waals surface area contributed by atoms with Crippen LogP contribution in [0.5, 0.6) is 0 Å². The van der Waals surface area contributed by atoms with Gasteiger partial charge in [-0.1, -0.05) is 6.07 Å². The summed E-state index contributed by atoms with van der Waals surface area (Å²) in [5.41, 5.74) is 8.77. The van der Waals surface area contributed by atoms with Gasteiger partial charge in [0.25, 0.3) is 0 Å². The molecule has 5 nitrogen and oxygen atoms in total. The molecule has 1 rings (SSSR count). The van der Waals surface area contributed by atoms with E-state index in [2.05, 4.69) is 0 Å². The highest BCUT2D eigenvalue weighted by atomic mass is 16.5. The van der Waals surface area contributed by atoms with Gasteiger partial charge < -0.3 is 19.9 Å². The van der Waals surface area contributed by atoms with Crippen molar-refractivity contribution < 1.29 is 19.0 Å². The number of methoxy groups -OCH3 is 1. The standard InChI is InChI=1S/C15H23NO4/c1-11-9-12(2)14(16)10-13(11)15(17)20-6-4-5-19-8-7-18-3/h9-10H,4-8,16H2,1-3H3. The van der Waals surface area contributed by atoms with Crippen molar-refractivity contribution in [1.29, 1.82) is 0 Å². The van der Waals surface area contributed by atoms with Crippen LogP contribution in [0.4, 0.5) is 5.69 Å². The average molecular weight is 281 g/mol. The molecule has 0 aliphatic heterocycles. The molecular weight excluding hydrogens is 258 g/mol. The van der Waals surface area contributed by atoms with Crippen molar-refractivity contribution in [2.24, 2.45) is 0 Å². The van der Waals surface area contributed by atoms with E-state index in [1.807, 2.05) is 19.9 Å². The maximum atomic E-state index is 11.9. The van der Waals surface area contributed by atoms with E-state index >= 15 is 0 Å². The van der Waals surface area contributed by atoms with E-state index in [1.54, 1.807) is 13.2 Å². The molecule has 20 heavy (non-hydrogen) atoms. The van der Waals surface area contributed by atoms with E-state index < -0.39 is 0 Å². The number of nitrogens with two attached hydrogens (primary N) is 1. The molecular formula is C15H23NO4. The van der Waals surface area contributed by atoms with E-state index in [-0.39, 0.29) is 5.97 Å². The summed E-state index contributed by atoms with van der Waals surface area (Å²) in [5, 5.41) is 0. The quantitative estimate of drug-likeness (QED) is 0.449. The Morgan fingerprint density at radius 3 is 2.55 bits per heavy atom. The summed E-state index contributed by atoms with van der Waals surface area (Å²) >= 11 is 0. The first-order chi connectivity index (χ1) is 9.56. The number of hydrogen-bond donors (Lipinski definition) is 1. The number of benzene rings is 1. The van der Waals surface area contributed by atoms with Crippen LogP contribution < -0.4 is 5.73 Å². The van der Waals surface area contributed by atoms with Crippen LogP contribution in [0.15, 0.2) is 12.1 Å². The summed E-state index contributed by atoms with van der Waals surface area (Å²) in [7, 11) is 1.63. The fourth-order valence-corrected chi connectivity index (χ4v) is 1.74. The van der Waals surface area contributed by atoms with Gasteiger partial charge in [-0.2, -0.15) is 0 Å². The van der Waals surface area contributed by atoms with Gasteiger partial charge in [0, 0.05) is 25.8 Å². The van der Waals surface area contributed by atoms with Crippen molar-refractivity contribution in [3.8, 4) is 0 Å². The van der Waals surface area contributed by atoms with Crippen LogP contribution in [0.2, 0.25) is 0 Å². The number of aryl methyl sites for hydroxylation is 2. The highest BCUT2D eigenvalue weighted by Crippen LogP contribution is 2.18. The molecule has 2 N–H and O–H groups in total. The van der Waals surface area contributed by atoms with Crippen molar-refractivity contribution in [3.05, 3.63) is 28.8 Å². The Kier molecular flexibility index (Phi) is 7.04. The SMILES string of the molecule is COCCOCCCOC(=O)c1cc(N)c(C)cc1C. The molecule has 5 heteroatoms. The topological polar surface area (TPSA) is 70.8 Å². The number of anilines is 1. The fraction of sp³-hybridized carbons (Fsp3) is 0.533. The second kappa shape index (κ2) is 8.55. The number of rotatable bonds is 8. The third kappa shape index (κ3) is 5.19. The van der Waals surface area contributed by atoms with Gasteiger partial charge in [-0.25, -0.2) is 4.79 Å². The molecule has 112 valence electrons. The van der Waals surface area contributed by atoms with Gasteiger partial charge in [-0.05, 0) is 31.0 Å².